The number of nitrogens with zero attached hydrogens (tertiary/aromatic N) is 1. The Morgan fingerprint density at radius 2 is 1.93 bits per heavy atom. The molecule has 0 aromatic heterocycles. The second kappa shape index (κ2) is 7.52. The number of para-hydroxylation sites is 1. The zero-order chi connectivity index (χ0) is 20.7. The van der Waals surface area contributed by atoms with Crippen molar-refractivity contribution >= 4 is 5.70 Å². The minimum absolute atomic E-state index is 0.125. The molecule has 0 radical (unpaired) electrons. The number of likely N-dealkylation sites (tertiary alicyclic amines) is 1. The predicted octanol–water partition coefficient (Wildman–Crippen LogP) is 2.39. The van der Waals surface area contributed by atoms with Crippen LogP contribution in [0.2, 0.25) is 0 Å². The molecule has 6 heteroatoms. The summed E-state index contributed by atoms with van der Waals surface area (Å²) in [6, 6.07) is 14.5. The molecule has 0 unspecified atom stereocenters. The molecule has 2 aromatic rings. The van der Waals surface area contributed by atoms with Crippen molar-refractivity contribution in [1.82, 2.24) is 10.4 Å². The number of benzene rings is 2. The minimum atomic E-state index is -0.338. The summed E-state index contributed by atoms with van der Waals surface area (Å²) in [6.45, 7) is 5.66. The second-order valence-corrected chi connectivity index (χ2v) is 8.26. The quantitative estimate of drug-likeness (QED) is 0.814. The largest absolute Gasteiger partial charge is 0.497 e. The summed E-state index contributed by atoms with van der Waals surface area (Å²) < 4.78 is 17.8. The number of nitrogens with one attached hydrogen (secondary N) is 2. The molecule has 3 heterocycles. The fourth-order valence-electron chi connectivity index (χ4n) is 4.99. The monoisotopic (exact) mass is 408 g/mol. The summed E-state index contributed by atoms with van der Waals surface area (Å²) in [4.78, 5) is 1.64. The zero-order valence-corrected chi connectivity index (χ0v) is 17.9. The van der Waals surface area contributed by atoms with E-state index in [0.29, 0.717) is 0 Å². The molecule has 3 aliphatic rings. The van der Waals surface area contributed by atoms with E-state index in [1.165, 1.54) is 5.56 Å². The highest BCUT2D eigenvalue weighted by molar-refractivity contribution is 5.72. The van der Waals surface area contributed by atoms with Crippen LogP contribution in [0, 0.1) is 0 Å². The maximum absolute atomic E-state index is 6.71. The summed E-state index contributed by atoms with van der Waals surface area (Å²) in [7, 11) is 3.37. The van der Waals surface area contributed by atoms with Crippen molar-refractivity contribution in [2.75, 3.05) is 33.9 Å². The highest BCUT2D eigenvalue weighted by Crippen LogP contribution is 2.48. The zero-order valence-electron chi connectivity index (χ0n) is 17.9. The molecule has 3 aliphatic heterocycles. The second-order valence-electron chi connectivity index (χ2n) is 8.26. The number of methoxy groups -OCH3 is 2. The number of piperidine rings is 1. The molecule has 2 N–H and O–H groups in total. The van der Waals surface area contributed by atoms with Crippen LogP contribution in [0.3, 0.4) is 0 Å². The van der Waals surface area contributed by atoms with Crippen LogP contribution >= 0.6 is 0 Å². The van der Waals surface area contributed by atoms with Crippen LogP contribution in [0.1, 0.15) is 36.9 Å². The van der Waals surface area contributed by atoms with E-state index in [4.69, 9.17) is 14.2 Å². The van der Waals surface area contributed by atoms with Gasteiger partial charge in [-0.15, -0.1) is 0 Å². The van der Waals surface area contributed by atoms with Crippen molar-refractivity contribution in [2.24, 2.45) is 0 Å². The minimum Gasteiger partial charge on any atom is -0.497 e. The molecule has 0 saturated carbocycles. The van der Waals surface area contributed by atoms with Gasteiger partial charge in [0.15, 0.2) is 5.72 Å². The molecule has 1 spiro atoms. The van der Waals surface area contributed by atoms with E-state index in [2.05, 4.69) is 53.8 Å². The van der Waals surface area contributed by atoms with Gasteiger partial charge in [0.05, 0.1) is 58.4 Å². The Kier molecular flexibility index (Phi) is 4.83. The van der Waals surface area contributed by atoms with Gasteiger partial charge >= 0.3 is 0 Å². The van der Waals surface area contributed by atoms with Gasteiger partial charge in [-0.2, -0.15) is 5.01 Å². The van der Waals surface area contributed by atoms with Gasteiger partial charge in [-0.1, -0.05) is 18.2 Å². The molecule has 0 aliphatic carbocycles. The molecule has 0 bridgehead atoms. The highest BCUT2D eigenvalue weighted by Gasteiger charge is 2.52. The van der Waals surface area contributed by atoms with Crippen molar-refractivity contribution in [1.29, 1.82) is 0 Å². The number of hydrogen-bond donors (Lipinski definition) is 2. The third kappa shape index (κ3) is 3.02. The van der Waals surface area contributed by atoms with Gasteiger partial charge in [-0.3, -0.25) is 0 Å². The Hall–Kier alpha value is -2.70. The molecule has 5 rings (SSSR count). The Morgan fingerprint density at radius 1 is 1.13 bits per heavy atom. The molecular formula is C24H30N3O3+. The van der Waals surface area contributed by atoms with Crippen LogP contribution in [0.5, 0.6) is 17.2 Å². The predicted molar refractivity (Wildman–Crippen MR) is 116 cm³/mol. The van der Waals surface area contributed by atoms with Crippen molar-refractivity contribution in [2.45, 2.75) is 31.5 Å². The van der Waals surface area contributed by atoms with E-state index in [1.807, 2.05) is 12.1 Å². The van der Waals surface area contributed by atoms with E-state index in [0.717, 1.165) is 61.0 Å². The van der Waals surface area contributed by atoms with Gasteiger partial charge in [0.2, 0.25) is 0 Å². The number of rotatable bonds is 4. The van der Waals surface area contributed by atoms with Gasteiger partial charge in [0.25, 0.3) is 0 Å². The Morgan fingerprint density at radius 3 is 2.67 bits per heavy atom. The lowest BCUT2D eigenvalue weighted by molar-refractivity contribution is -0.906. The number of ether oxygens (including phenoxy) is 3. The van der Waals surface area contributed by atoms with Crippen LogP contribution in [-0.4, -0.2) is 44.6 Å². The van der Waals surface area contributed by atoms with Crippen LogP contribution in [0.4, 0.5) is 0 Å². The SMILES string of the molecule is CC[NH+]1CCC2(CC1)Oc1ccccc1[C@H]1C=C(c3ccc(OC)cc3OC)NN12. The number of fused-ring (bicyclic) bond motifs is 4. The van der Waals surface area contributed by atoms with E-state index in [9.17, 15) is 0 Å². The first-order chi connectivity index (χ1) is 14.7. The first kappa shape index (κ1) is 19.3. The standard InChI is InChI=1S/C24H29N3O3/c1-4-26-13-11-24(12-14-26)27-21(19-7-5-6-8-22(19)30-24)16-20(25-27)18-10-9-17(28-2)15-23(18)29-3/h5-10,15-16,21,25H,4,11-14H2,1-3H3/p+1/t21-/m1/s1. The number of hydrogen-bond acceptors (Lipinski definition) is 5. The average molecular weight is 409 g/mol. The van der Waals surface area contributed by atoms with Crippen LogP contribution in [0.25, 0.3) is 5.70 Å². The highest BCUT2D eigenvalue weighted by atomic mass is 16.5. The van der Waals surface area contributed by atoms with Crippen LogP contribution < -0.4 is 24.5 Å². The van der Waals surface area contributed by atoms with Crippen LogP contribution in [-0.2, 0) is 0 Å². The normalized spacial score (nSPS) is 27.5. The fourth-order valence-corrected chi connectivity index (χ4v) is 4.99. The molecule has 1 atom stereocenters. The Bertz CT molecular complexity index is 966. The van der Waals surface area contributed by atoms with Gasteiger partial charge in [-0.25, -0.2) is 0 Å². The van der Waals surface area contributed by atoms with Gasteiger partial charge in [0.1, 0.15) is 17.2 Å². The molecule has 2 aromatic carbocycles. The molecule has 0 amide bonds. The van der Waals surface area contributed by atoms with E-state index >= 15 is 0 Å². The number of quaternary nitrogens is 1. The fraction of sp³-hybridized carbons (Fsp3) is 0.417. The lowest BCUT2D eigenvalue weighted by Gasteiger charge is -2.50. The maximum Gasteiger partial charge on any atom is 0.191 e. The smallest absolute Gasteiger partial charge is 0.191 e. The Balaban J connectivity index is 1.54. The summed E-state index contributed by atoms with van der Waals surface area (Å²) in [5.74, 6) is 2.58. The van der Waals surface area contributed by atoms with Gasteiger partial charge in [-0.05, 0) is 31.2 Å². The molecule has 1 saturated heterocycles. The number of hydrazine groups is 1. The summed E-state index contributed by atoms with van der Waals surface area (Å²) in [5.41, 5.74) is 6.63. The van der Waals surface area contributed by atoms with Crippen molar-refractivity contribution in [3.05, 3.63) is 59.7 Å². The van der Waals surface area contributed by atoms with Crippen molar-refractivity contribution in [3.8, 4) is 17.2 Å². The molecule has 158 valence electrons. The molecule has 1 fully saturated rings. The average Bonchev–Trinajstić information content (AvgIpc) is 3.26. The van der Waals surface area contributed by atoms with Crippen molar-refractivity contribution < 1.29 is 19.1 Å². The van der Waals surface area contributed by atoms with E-state index in [-0.39, 0.29) is 11.8 Å². The summed E-state index contributed by atoms with van der Waals surface area (Å²) in [5, 5.41) is 2.33. The molecule has 30 heavy (non-hydrogen) atoms. The first-order valence-electron chi connectivity index (χ1n) is 10.8. The molecular weight excluding hydrogens is 378 g/mol. The van der Waals surface area contributed by atoms with Gasteiger partial charge < -0.3 is 24.5 Å². The van der Waals surface area contributed by atoms with Crippen LogP contribution in [0.15, 0.2) is 48.5 Å². The maximum atomic E-state index is 6.71. The van der Waals surface area contributed by atoms with Crippen molar-refractivity contribution in [3.63, 3.8) is 0 Å². The third-order valence-corrected chi connectivity index (χ3v) is 6.76. The summed E-state index contributed by atoms with van der Waals surface area (Å²) >= 11 is 0. The summed E-state index contributed by atoms with van der Waals surface area (Å²) in [6.07, 6.45) is 4.29. The lowest BCUT2D eigenvalue weighted by Crippen LogP contribution is -3.13. The molecule has 6 nitrogen and oxygen atoms in total. The Labute approximate surface area is 178 Å². The van der Waals surface area contributed by atoms with E-state index in [1.54, 1.807) is 19.1 Å². The van der Waals surface area contributed by atoms with E-state index < -0.39 is 0 Å². The first-order valence-corrected chi connectivity index (χ1v) is 10.8. The van der Waals surface area contributed by atoms with Gasteiger partial charge in [0, 0.05) is 17.2 Å². The third-order valence-electron chi connectivity index (χ3n) is 6.76. The topological polar surface area (TPSA) is 47.4 Å². The lowest BCUT2D eigenvalue weighted by atomic mass is 9.93.